The van der Waals surface area contributed by atoms with E-state index in [9.17, 15) is 0 Å². The van der Waals surface area contributed by atoms with E-state index in [1.165, 1.54) is 38.9 Å². The Morgan fingerprint density at radius 2 is 1.80 bits per heavy atom. The topological polar surface area (TPSA) is 72.3 Å². The van der Waals surface area contributed by atoms with Crippen LogP contribution in [-0.4, -0.2) is 44.1 Å². The van der Waals surface area contributed by atoms with Crippen LogP contribution in [0.5, 0.6) is 0 Å². The number of piperidine rings is 1. The van der Waals surface area contributed by atoms with E-state index in [0.29, 0.717) is 22.3 Å². The number of hydrogen-bond donors (Lipinski definition) is 1. The summed E-state index contributed by atoms with van der Waals surface area (Å²) < 4.78 is 1.80. The monoisotopic (exact) mass is 358 g/mol. The summed E-state index contributed by atoms with van der Waals surface area (Å²) in [7, 11) is 0. The molecule has 2 aromatic heterocycles. The second-order valence-corrected chi connectivity index (χ2v) is 6.47. The zero-order valence-corrected chi connectivity index (χ0v) is 15.2. The van der Waals surface area contributed by atoms with E-state index in [1.54, 1.807) is 28.9 Å². The van der Waals surface area contributed by atoms with Gasteiger partial charge >= 0.3 is 0 Å². The predicted octanol–water partition coefficient (Wildman–Crippen LogP) is 3.52. The van der Waals surface area contributed by atoms with Crippen molar-refractivity contribution in [2.45, 2.75) is 26.2 Å². The van der Waals surface area contributed by atoms with Gasteiger partial charge in [-0.3, -0.25) is 4.40 Å². The smallest absolute Gasteiger partial charge is 0.189 e. The van der Waals surface area contributed by atoms with Gasteiger partial charge < -0.3 is 10.6 Å². The maximum absolute atomic E-state index is 5.85. The summed E-state index contributed by atoms with van der Waals surface area (Å²) >= 11 is 5.85. The first-order valence-corrected chi connectivity index (χ1v) is 9.00. The first-order valence-electron chi connectivity index (χ1n) is 8.62. The lowest BCUT2D eigenvalue weighted by atomic mass is 10.1. The lowest BCUT2D eigenvalue weighted by Crippen LogP contribution is -2.29. The van der Waals surface area contributed by atoms with Crippen LogP contribution in [0, 0.1) is 0 Å². The lowest BCUT2D eigenvalue weighted by molar-refractivity contribution is 0.240. The Bertz CT molecular complexity index is 808. The minimum atomic E-state index is 0.313. The van der Waals surface area contributed by atoms with E-state index in [4.69, 9.17) is 17.3 Å². The van der Waals surface area contributed by atoms with Crippen LogP contribution in [0.1, 0.15) is 26.2 Å². The van der Waals surface area contributed by atoms with Crippen molar-refractivity contribution in [1.29, 1.82) is 0 Å². The second-order valence-electron chi connectivity index (χ2n) is 6.03. The van der Waals surface area contributed by atoms with Crippen molar-refractivity contribution in [1.82, 2.24) is 24.5 Å². The van der Waals surface area contributed by atoms with Crippen LogP contribution in [0.25, 0.3) is 17.0 Å². The van der Waals surface area contributed by atoms with Crippen LogP contribution < -0.4 is 5.73 Å². The molecule has 1 aliphatic rings. The van der Waals surface area contributed by atoms with Crippen molar-refractivity contribution in [3.8, 4) is 11.4 Å². The van der Waals surface area contributed by atoms with E-state index in [-0.39, 0.29) is 0 Å². The highest BCUT2D eigenvalue weighted by Gasteiger charge is 2.09. The van der Waals surface area contributed by atoms with Crippen molar-refractivity contribution in [2.75, 3.05) is 25.4 Å². The van der Waals surface area contributed by atoms with E-state index in [0.717, 1.165) is 5.56 Å². The fraction of sp³-hybridized carbons (Fsp3) is 0.389. The summed E-state index contributed by atoms with van der Waals surface area (Å²) in [5, 5.41) is 8.65. The molecule has 0 unspecified atom stereocenters. The highest BCUT2D eigenvalue weighted by atomic mass is 35.5. The second kappa shape index (κ2) is 8.27. The Balaban J connectivity index is 0.000000192. The number of imidazole rings is 1. The standard InChI is InChI=1S/C11H8ClN5.C7H15N/c12-8-3-1-7(2-4-8)10-16-15-9(13)11-14-5-6-17(10)11;1-2-8-6-4-3-5-7-8/h1-6H,(H2,13,15);2-7H2,1H3. The molecule has 0 saturated carbocycles. The zero-order valence-electron chi connectivity index (χ0n) is 14.4. The minimum Gasteiger partial charge on any atom is -0.379 e. The molecule has 0 aliphatic carbocycles. The molecule has 3 heterocycles. The van der Waals surface area contributed by atoms with Crippen LogP contribution in [0.3, 0.4) is 0 Å². The Kier molecular flexibility index (Phi) is 5.83. The number of fused-ring (bicyclic) bond motifs is 1. The molecule has 6 nitrogen and oxygen atoms in total. The highest BCUT2D eigenvalue weighted by molar-refractivity contribution is 6.30. The van der Waals surface area contributed by atoms with Gasteiger partial charge in [-0.2, -0.15) is 0 Å². The zero-order chi connectivity index (χ0) is 17.6. The van der Waals surface area contributed by atoms with Gasteiger partial charge in [-0.15, -0.1) is 10.2 Å². The summed E-state index contributed by atoms with van der Waals surface area (Å²) in [4.78, 5) is 6.65. The van der Waals surface area contributed by atoms with E-state index in [1.807, 2.05) is 12.1 Å². The van der Waals surface area contributed by atoms with Gasteiger partial charge in [-0.1, -0.05) is 24.9 Å². The predicted molar refractivity (Wildman–Crippen MR) is 102 cm³/mol. The van der Waals surface area contributed by atoms with Crippen LogP contribution in [0.15, 0.2) is 36.7 Å². The molecule has 1 aromatic carbocycles. The minimum absolute atomic E-state index is 0.313. The van der Waals surface area contributed by atoms with Gasteiger partial charge in [-0.25, -0.2) is 4.98 Å². The maximum Gasteiger partial charge on any atom is 0.189 e. The average Bonchev–Trinajstić information content (AvgIpc) is 3.15. The number of rotatable bonds is 2. The molecule has 7 heteroatoms. The van der Waals surface area contributed by atoms with E-state index >= 15 is 0 Å². The molecule has 0 bridgehead atoms. The quantitative estimate of drug-likeness (QED) is 0.758. The Labute approximate surface area is 152 Å². The molecule has 4 rings (SSSR count). The third-order valence-electron chi connectivity index (χ3n) is 4.35. The van der Waals surface area contributed by atoms with Crippen molar-refractivity contribution >= 4 is 23.1 Å². The van der Waals surface area contributed by atoms with E-state index < -0.39 is 0 Å². The van der Waals surface area contributed by atoms with Gasteiger partial charge in [0.15, 0.2) is 17.3 Å². The van der Waals surface area contributed by atoms with Crippen LogP contribution >= 0.6 is 11.6 Å². The van der Waals surface area contributed by atoms with Gasteiger partial charge in [0.2, 0.25) is 0 Å². The first kappa shape index (κ1) is 17.6. The summed E-state index contributed by atoms with van der Waals surface area (Å²) in [5.41, 5.74) is 7.20. The van der Waals surface area contributed by atoms with Crippen LogP contribution in [0.4, 0.5) is 5.82 Å². The Hall–Kier alpha value is -2.18. The van der Waals surface area contributed by atoms with Crippen LogP contribution in [0.2, 0.25) is 5.02 Å². The molecule has 2 N–H and O–H groups in total. The lowest BCUT2D eigenvalue weighted by Gasteiger charge is -2.24. The summed E-state index contributed by atoms with van der Waals surface area (Å²) in [6, 6.07) is 7.36. The number of halogens is 1. The fourth-order valence-electron chi connectivity index (χ4n) is 2.93. The Morgan fingerprint density at radius 3 is 2.44 bits per heavy atom. The molecular formula is C18H23ClN6. The normalized spacial score (nSPS) is 15.0. The van der Waals surface area contributed by atoms with Gasteiger partial charge in [0.25, 0.3) is 0 Å². The number of nitrogens with two attached hydrogens (primary N) is 1. The van der Waals surface area contributed by atoms with Crippen molar-refractivity contribution in [3.63, 3.8) is 0 Å². The van der Waals surface area contributed by atoms with Gasteiger partial charge in [-0.05, 0) is 56.7 Å². The summed E-state index contributed by atoms with van der Waals surface area (Å²) in [5.74, 6) is 0.996. The average molecular weight is 359 g/mol. The molecule has 0 atom stereocenters. The number of benzene rings is 1. The molecule has 1 saturated heterocycles. The number of nitrogen functional groups attached to an aromatic ring is 1. The molecule has 1 aliphatic heterocycles. The first-order chi connectivity index (χ1) is 12.2. The number of hydrogen-bond acceptors (Lipinski definition) is 5. The molecule has 1 fully saturated rings. The highest BCUT2D eigenvalue weighted by Crippen LogP contribution is 2.21. The fourth-order valence-corrected chi connectivity index (χ4v) is 3.06. The number of nitrogens with zero attached hydrogens (tertiary/aromatic N) is 5. The Morgan fingerprint density at radius 1 is 1.08 bits per heavy atom. The SMILES string of the molecule is CCN1CCCCC1.Nc1nnc(-c2ccc(Cl)cc2)n2ccnc12. The molecule has 0 amide bonds. The largest absolute Gasteiger partial charge is 0.379 e. The van der Waals surface area contributed by atoms with Crippen molar-refractivity contribution in [3.05, 3.63) is 41.7 Å². The van der Waals surface area contributed by atoms with Crippen molar-refractivity contribution in [2.24, 2.45) is 0 Å². The van der Waals surface area contributed by atoms with Crippen LogP contribution in [-0.2, 0) is 0 Å². The van der Waals surface area contributed by atoms with Gasteiger partial charge in [0.1, 0.15) is 0 Å². The summed E-state index contributed by atoms with van der Waals surface area (Å²) in [6.07, 6.45) is 7.76. The molecule has 0 radical (unpaired) electrons. The summed E-state index contributed by atoms with van der Waals surface area (Å²) in [6.45, 7) is 6.18. The number of anilines is 1. The molecule has 25 heavy (non-hydrogen) atoms. The molecular weight excluding hydrogens is 336 g/mol. The molecule has 132 valence electrons. The third kappa shape index (κ3) is 4.27. The van der Waals surface area contributed by atoms with Gasteiger partial charge in [0, 0.05) is 23.0 Å². The third-order valence-corrected chi connectivity index (χ3v) is 4.60. The molecule has 3 aromatic rings. The van der Waals surface area contributed by atoms with E-state index in [2.05, 4.69) is 27.0 Å². The number of aromatic nitrogens is 4. The number of likely N-dealkylation sites (tertiary alicyclic amines) is 1. The maximum atomic E-state index is 5.85. The van der Waals surface area contributed by atoms with Gasteiger partial charge in [0.05, 0.1) is 0 Å². The van der Waals surface area contributed by atoms with Crippen molar-refractivity contribution < 1.29 is 0 Å². The molecule has 0 spiro atoms.